The Morgan fingerprint density at radius 1 is 1.33 bits per heavy atom. The third-order valence-electron chi connectivity index (χ3n) is 2.34. The smallest absolute Gasteiger partial charge is 0.139 e. The Morgan fingerprint density at radius 2 is 2.11 bits per heavy atom. The van der Waals surface area contributed by atoms with Gasteiger partial charge in [0, 0.05) is 16.8 Å². The predicted molar refractivity (Wildman–Crippen MR) is 72.4 cm³/mol. The topological polar surface area (TPSA) is 58.0 Å². The molecule has 2 aromatic rings. The molecule has 0 amide bonds. The van der Waals surface area contributed by atoms with Crippen LogP contribution in [0.5, 0.6) is 0 Å². The van der Waals surface area contributed by atoms with E-state index in [1.54, 1.807) is 31.3 Å². The van der Waals surface area contributed by atoms with Gasteiger partial charge in [-0.1, -0.05) is 23.2 Å². The van der Waals surface area contributed by atoms with Gasteiger partial charge in [-0.3, -0.25) is 0 Å². The average molecular weight is 284 g/mol. The van der Waals surface area contributed by atoms with Crippen molar-refractivity contribution in [1.29, 1.82) is 0 Å². The van der Waals surface area contributed by atoms with E-state index in [4.69, 9.17) is 23.2 Å². The second-order valence-corrected chi connectivity index (χ2v) is 4.54. The quantitative estimate of drug-likeness (QED) is 0.907. The Balaban J connectivity index is 2.36. The molecule has 1 aromatic heterocycles. The van der Waals surface area contributed by atoms with Crippen molar-refractivity contribution < 1.29 is 5.11 Å². The molecule has 2 N–H and O–H groups in total. The lowest BCUT2D eigenvalue weighted by Gasteiger charge is -2.11. The van der Waals surface area contributed by atoms with Gasteiger partial charge in [-0.05, 0) is 25.1 Å². The van der Waals surface area contributed by atoms with Gasteiger partial charge in [0.1, 0.15) is 11.6 Å². The molecule has 0 radical (unpaired) electrons. The van der Waals surface area contributed by atoms with Crippen molar-refractivity contribution in [3.05, 3.63) is 45.8 Å². The molecule has 0 aliphatic heterocycles. The predicted octanol–water partition coefficient (Wildman–Crippen LogP) is 3.33. The summed E-state index contributed by atoms with van der Waals surface area (Å²) >= 11 is 11.9. The van der Waals surface area contributed by atoms with Crippen LogP contribution in [0.4, 0.5) is 11.5 Å². The van der Waals surface area contributed by atoms with E-state index in [1.165, 1.54) is 0 Å². The first-order chi connectivity index (χ1) is 8.60. The number of aliphatic hydroxyl groups is 1. The molecular weight excluding hydrogens is 273 g/mol. The fourth-order valence-corrected chi connectivity index (χ4v) is 1.89. The minimum atomic E-state index is -0.145. The molecule has 0 atom stereocenters. The molecule has 0 spiro atoms. The lowest BCUT2D eigenvalue weighted by molar-refractivity contribution is 0.281. The van der Waals surface area contributed by atoms with E-state index in [9.17, 15) is 5.11 Å². The highest BCUT2D eigenvalue weighted by Gasteiger charge is 2.07. The van der Waals surface area contributed by atoms with Crippen molar-refractivity contribution in [2.45, 2.75) is 13.5 Å². The van der Waals surface area contributed by atoms with E-state index >= 15 is 0 Å². The van der Waals surface area contributed by atoms with Gasteiger partial charge in [0.25, 0.3) is 0 Å². The van der Waals surface area contributed by atoms with Crippen LogP contribution in [-0.2, 0) is 6.61 Å². The minimum absolute atomic E-state index is 0.145. The average Bonchev–Trinajstić information content (AvgIpc) is 2.33. The van der Waals surface area contributed by atoms with Gasteiger partial charge in [-0.2, -0.15) is 0 Å². The molecule has 1 heterocycles. The maximum Gasteiger partial charge on any atom is 0.139 e. The number of anilines is 2. The maximum absolute atomic E-state index is 9.23. The molecule has 0 saturated carbocycles. The van der Waals surface area contributed by atoms with Gasteiger partial charge in [0.05, 0.1) is 17.3 Å². The SMILES string of the molecule is Cc1ncc(CO)c(Nc2ccc(Cl)cc2Cl)n1. The second kappa shape index (κ2) is 5.52. The fourth-order valence-electron chi connectivity index (χ4n) is 1.44. The number of hydrogen-bond acceptors (Lipinski definition) is 4. The van der Waals surface area contributed by atoms with Gasteiger partial charge in [0.15, 0.2) is 0 Å². The van der Waals surface area contributed by atoms with E-state index in [2.05, 4.69) is 15.3 Å². The number of hydrogen-bond donors (Lipinski definition) is 2. The van der Waals surface area contributed by atoms with Crippen LogP contribution in [-0.4, -0.2) is 15.1 Å². The standard InChI is InChI=1S/C12H11Cl2N3O/c1-7-15-5-8(6-18)12(16-7)17-11-3-2-9(13)4-10(11)14/h2-5,18H,6H2,1H3,(H,15,16,17). The van der Waals surface area contributed by atoms with Gasteiger partial charge in [0.2, 0.25) is 0 Å². The van der Waals surface area contributed by atoms with Crippen LogP contribution >= 0.6 is 23.2 Å². The number of halogens is 2. The number of aromatic nitrogens is 2. The first kappa shape index (κ1) is 13.1. The summed E-state index contributed by atoms with van der Waals surface area (Å²) in [7, 11) is 0. The highest BCUT2D eigenvalue weighted by atomic mass is 35.5. The molecule has 0 aliphatic carbocycles. The molecule has 1 aromatic carbocycles. The van der Waals surface area contributed by atoms with E-state index in [0.29, 0.717) is 32.9 Å². The van der Waals surface area contributed by atoms with Gasteiger partial charge >= 0.3 is 0 Å². The molecule has 4 nitrogen and oxygen atoms in total. The molecular formula is C12H11Cl2N3O. The van der Waals surface area contributed by atoms with Crippen LogP contribution in [0.25, 0.3) is 0 Å². The van der Waals surface area contributed by atoms with E-state index in [-0.39, 0.29) is 6.61 Å². The highest BCUT2D eigenvalue weighted by Crippen LogP contribution is 2.28. The molecule has 18 heavy (non-hydrogen) atoms. The maximum atomic E-state index is 9.23. The second-order valence-electron chi connectivity index (χ2n) is 3.70. The molecule has 0 saturated heterocycles. The third-order valence-corrected chi connectivity index (χ3v) is 2.89. The summed E-state index contributed by atoms with van der Waals surface area (Å²) in [5.41, 5.74) is 1.28. The largest absolute Gasteiger partial charge is 0.391 e. The van der Waals surface area contributed by atoms with Gasteiger partial charge < -0.3 is 10.4 Å². The molecule has 94 valence electrons. The lowest BCUT2D eigenvalue weighted by atomic mass is 10.2. The molecule has 0 fully saturated rings. The normalized spacial score (nSPS) is 10.4. The number of nitrogens with zero attached hydrogens (tertiary/aromatic N) is 2. The Kier molecular flexibility index (Phi) is 4.01. The first-order valence-corrected chi connectivity index (χ1v) is 6.01. The summed E-state index contributed by atoms with van der Waals surface area (Å²) in [6.45, 7) is 1.63. The van der Waals surface area contributed by atoms with Crippen molar-refractivity contribution >= 4 is 34.7 Å². The third kappa shape index (κ3) is 2.90. The summed E-state index contributed by atoms with van der Waals surface area (Å²) in [5, 5.41) is 13.3. The zero-order valence-corrected chi connectivity index (χ0v) is 11.1. The number of aliphatic hydroxyl groups excluding tert-OH is 1. The molecule has 0 aliphatic rings. The Hall–Kier alpha value is -1.36. The lowest BCUT2D eigenvalue weighted by Crippen LogP contribution is -2.02. The van der Waals surface area contributed by atoms with Crippen LogP contribution in [0.15, 0.2) is 24.4 Å². The van der Waals surface area contributed by atoms with Crippen LogP contribution in [0.3, 0.4) is 0 Å². The monoisotopic (exact) mass is 283 g/mol. The number of aryl methyl sites for hydroxylation is 1. The molecule has 0 bridgehead atoms. The van der Waals surface area contributed by atoms with Crippen molar-refractivity contribution in [3.63, 3.8) is 0 Å². The minimum Gasteiger partial charge on any atom is -0.391 e. The van der Waals surface area contributed by atoms with Crippen LogP contribution < -0.4 is 5.32 Å². The van der Waals surface area contributed by atoms with Crippen molar-refractivity contribution in [2.24, 2.45) is 0 Å². The molecule has 0 unspecified atom stereocenters. The first-order valence-electron chi connectivity index (χ1n) is 5.25. The van der Waals surface area contributed by atoms with E-state index < -0.39 is 0 Å². The number of benzene rings is 1. The fraction of sp³-hybridized carbons (Fsp3) is 0.167. The Labute approximate surface area is 115 Å². The van der Waals surface area contributed by atoms with Crippen LogP contribution in [0, 0.1) is 6.92 Å². The summed E-state index contributed by atoms with van der Waals surface area (Å²) in [4.78, 5) is 8.25. The van der Waals surface area contributed by atoms with Crippen molar-refractivity contribution in [3.8, 4) is 0 Å². The summed E-state index contributed by atoms with van der Waals surface area (Å²) in [6, 6.07) is 5.11. The van der Waals surface area contributed by atoms with E-state index in [1.807, 2.05) is 0 Å². The Bertz CT molecular complexity index is 575. The summed E-state index contributed by atoms with van der Waals surface area (Å²) in [5.74, 6) is 1.15. The van der Waals surface area contributed by atoms with Crippen LogP contribution in [0.2, 0.25) is 10.0 Å². The van der Waals surface area contributed by atoms with E-state index in [0.717, 1.165) is 0 Å². The Morgan fingerprint density at radius 3 is 2.78 bits per heavy atom. The van der Waals surface area contributed by atoms with Crippen molar-refractivity contribution in [2.75, 3.05) is 5.32 Å². The zero-order chi connectivity index (χ0) is 13.1. The molecule has 6 heteroatoms. The van der Waals surface area contributed by atoms with Gasteiger partial charge in [-0.25, -0.2) is 9.97 Å². The van der Waals surface area contributed by atoms with Crippen LogP contribution in [0.1, 0.15) is 11.4 Å². The highest BCUT2D eigenvalue weighted by molar-refractivity contribution is 6.36. The zero-order valence-electron chi connectivity index (χ0n) is 9.61. The van der Waals surface area contributed by atoms with Crippen molar-refractivity contribution in [1.82, 2.24) is 9.97 Å². The van der Waals surface area contributed by atoms with Gasteiger partial charge in [-0.15, -0.1) is 0 Å². The summed E-state index contributed by atoms with van der Waals surface area (Å²) in [6.07, 6.45) is 1.58. The number of rotatable bonds is 3. The molecule has 2 rings (SSSR count). The summed E-state index contributed by atoms with van der Waals surface area (Å²) < 4.78 is 0. The number of nitrogens with one attached hydrogen (secondary N) is 1.